The van der Waals surface area contributed by atoms with Crippen LogP contribution >= 0.6 is 0 Å². The van der Waals surface area contributed by atoms with Crippen molar-refractivity contribution in [2.45, 2.75) is 107 Å². The molecule has 10 aromatic heterocycles. The molecule has 0 bridgehead atoms. The summed E-state index contributed by atoms with van der Waals surface area (Å²) in [5.74, 6) is 1.08. The van der Waals surface area contributed by atoms with Gasteiger partial charge in [0, 0.05) is 84.1 Å². The van der Waals surface area contributed by atoms with E-state index in [0.29, 0.717) is 79.8 Å². The maximum atomic E-state index is 13.6. The fraction of sp³-hybridized carbons (Fsp3) is 0.145. The lowest BCUT2D eigenvalue weighted by Crippen LogP contribution is -2.32. The third-order valence-corrected chi connectivity index (χ3v) is 24.2. The van der Waals surface area contributed by atoms with Crippen molar-refractivity contribution in [1.82, 2.24) is 49.4 Å². The van der Waals surface area contributed by atoms with Crippen molar-refractivity contribution in [2.24, 2.45) is 0 Å². The molecule has 0 spiro atoms. The summed E-state index contributed by atoms with van der Waals surface area (Å²) < 4.78 is 59.4. The van der Waals surface area contributed by atoms with Gasteiger partial charge in [0.15, 0.2) is 5.76 Å². The maximum Gasteiger partial charge on any atom is 0.290 e. The molecule has 0 unspecified atom stereocenters. The lowest BCUT2D eigenvalue weighted by molar-refractivity contribution is 0.0693. The Morgan fingerprint density at radius 1 is 0.269 bits per heavy atom. The number of nitrogens with zero attached hydrogens (tertiary/aromatic N) is 5. The highest BCUT2D eigenvalue weighted by atomic mass is 19.1. The predicted octanol–water partition coefficient (Wildman–Crippen LogP) is 22.0. The first-order valence-corrected chi connectivity index (χ1v) is 46.6. The number of H-pyrrole nitrogens is 5. The number of methoxy groups -OCH3 is 1. The van der Waals surface area contributed by atoms with E-state index >= 15 is 0 Å². The van der Waals surface area contributed by atoms with E-state index in [9.17, 15) is 56.7 Å². The average molecular weight is 1940 g/mol. The highest BCUT2D eigenvalue weighted by Gasteiger charge is 2.27. The van der Waals surface area contributed by atoms with Gasteiger partial charge in [0.1, 0.15) is 40.4 Å². The third-order valence-electron chi connectivity index (χ3n) is 24.2. The number of aromatic nitrogens is 5. The standard InChI is InChI=1S/C24H22N2O4.C24H22N2O3.2C23H19FN2O3.C23H20N2O3/c1-16-5-7-17(8-6-16)24(28)26(15-21-4-3-11-30-21)14-19-12-18-13-20(29-2)9-10-22(18)25-23(19)27;1-16-5-8-18(9-6-16)14-26(24(28)22-4-3-11-29-22)15-20-13-19-12-17(2)7-10-21(19)25-23(20)27;1-15-5-2-6-16-11-18(22(27)25-21(15)16)13-26(14-20-9-4-10-29-20)23(28)17-7-3-8-19(24)12-17;1-15-7-8-16-11-18(22(27)25-21(16)10-15)13-26(14-20-6-3-9-29-20)23(28)17-4-2-5-19(24)12-17;1-16-9-10-21-18(12-16)13-19(22(26)24-21)14-25(15-20-8-5-11-28-20)23(27)17-6-3-2-4-7-17/h3-13H,14-15H2,1-2H3,(H,25,27);3-13H,14-15H2,1-2H3,(H,25,27);2*2-12H,13-14H2,1H3,(H,25,27);2-13H,14-15H2,1H3,(H,24,26). The van der Waals surface area contributed by atoms with Crippen LogP contribution in [0.5, 0.6) is 5.75 Å². The van der Waals surface area contributed by atoms with E-state index in [-0.39, 0.29) is 133 Å². The fourth-order valence-corrected chi connectivity index (χ4v) is 16.6. The van der Waals surface area contributed by atoms with Gasteiger partial charge in [-0.05, 0) is 280 Å². The molecule has 5 amide bonds. The summed E-state index contributed by atoms with van der Waals surface area (Å²) in [7, 11) is 1.60. The summed E-state index contributed by atoms with van der Waals surface area (Å²) in [4.78, 5) is 151. The first kappa shape index (κ1) is 99.7. The fourth-order valence-electron chi connectivity index (χ4n) is 16.6. The lowest BCUT2D eigenvalue weighted by Gasteiger charge is -2.22. The van der Waals surface area contributed by atoms with Crippen molar-refractivity contribution in [3.8, 4) is 5.75 Å². The normalized spacial score (nSPS) is 10.9. The molecule has 20 aromatic rings. The van der Waals surface area contributed by atoms with Gasteiger partial charge < -0.3 is 76.2 Å². The van der Waals surface area contributed by atoms with Crippen LogP contribution in [-0.2, 0) is 65.4 Å². The van der Waals surface area contributed by atoms with E-state index in [2.05, 4.69) is 24.9 Å². The Hall–Kier alpha value is -18.3. The molecule has 10 heterocycles. The molecule has 20 rings (SSSR count). The minimum Gasteiger partial charge on any atom is -0.497 e. The largest absolute Gasteiger partial charge is 0.497 e. The molecule has 0 aliphatic rings. The molecule has 0 saturated heterocycles. The van der Waals surface area contributed by atoms with Crippen molar-refractivity contribution in [3.05, 3.63) is 522 Å². The van der Waals surface area contributed by atoms with E-state index in [1.54, 1.807) is 150 Å². The number of rotatable bonds is 26. The zero-order chi connectivity index (χ0) is 102. The Balaban J connectivity index is 0.000000130. The highest BCUT2D eigenvalue weighted by molar-refractivity contribution is 5.97. The molecule has 0 atom stereocenters. The lowest BCUT2D eigenvalue weighted by atomic mass is 10.1. The molecule has 0 aliphatic carbocycles. The van der Waals surface area contributed by atoms with Crippen LogP contribution in [0.15, 0.2) is 387 Å². The topological polar surface area (TPSA) is 341 Å². The minimum absolute atomic E-state index is 0.0647. The van der Waals surface area contributed by atoms with Crippen LogP contribution in [0.3, 0.4) is 0 Å². The van der Waals surface area contributed by atoms with Crippen molar-refractivity contribution >= 4 is 84.1 Å². The molecular formula is C117H102F2N10O16. The second kappa shape index (κ2) is 46.2. The number of halogens is 2. The van der Waals surface area contributed by atoms with Gasteiger partial charge in [0.2, 0.25) is 0 Å². The number of carbonyl (C=O) groups is 5. The van der Waals surface area contributed by atoms with Crippen molar-refractivity contribution in [2.75, 3.05) is 7.11 Å². The number of carbonyl (C=O) groups excluding carboxylic acids is 5. The number of nitrogens with one attached hydrogen (secondary N) is 5. The number of hydrogen-bond donors (Lipinski definition) is 5. The van der Waals surface area contributed by atoms with Crippen molar-refractivity contribution in [1.29, 1.82) is 0 Å². The molecule has 5 N–H and O–H groups in total. The first-order chi connectivity index (χ1) is 70.1. The summed E-state index contributed by atoms with van der Waals surface area (Å²) >= 11 is 0. The number of pyridine rings is 5. The number of hydrogen-bond acceptors (Lipinski definition) is 16. The van der Waals surface area contributed by atoms with Crippen LogP contribution in [0.4, 0.5) is 8.78 Å². The van der Waals surface area contributed by atoms with Crippen LogP contribution in [0.2, 0.25) is 0 Å². The second-order valence-electron chi connectivity index (χ2n) is 35.2. The quantitative estimate of drug-likeness (QED) is 0.0336. The number of aryl methyl sites for hydroxylation is 6. The molecule has 730 valence electrons. The molecule has 0 fully saturated rings. The number of amides is 5. The van der Waals surface area contributed by atoms with Gasteiger partial charge in [-0.15, -0.1) is 0 Å². The summed E-state index contributed by atoms with van der Waals surface area (Å²) in [6, 6.07) is 90.7. The SMILES string of the molecule is COc1ccc2[nH]c(=O)c(CN(Cc3ccco3)C(=O)c3ccc(C)cc3)cc2c1.Cc1ccc(CN(Cc2cc3cc(C)ccc3[nH]c2=O)C(=O)c2ccco2)cc1.Cc1ccc2[nH]c(=O)c(CN(Cc3ccco3)C(=O)c3ccccc3)cc2c1.Cc1ccc2cc(CN(Cc3ccco3)C(=O)c3cccc(F)c3)c(=O)[nH]c2c1.Cc1cccc2cc(CN(Cc3ccco3)C(=O)c3cccc(F)c3)c(=O)[nH]c12. The molecule has 0 radical (unpaired) electrons. The van der Waals surface area contributed by atoms with Gasteiger partial charge in [0.05, 0.1) is 103 Å². The van der Waals surface area contributed by atoms with Gasteiger partial charge in [-0.25, -0.2) is 8.78 Å². The average Bonchev–Trinajstić information content (AvgIpc) is 1.72. The van der Waals surface area contributed by atoms with Crippen LogP contribution in [0, 0.1) is 53.2 Å². The van der Waals surface area contributed by atoms with E-state index in [1.807, 2.05) is 199 Å². The highest BCUT2D eigenvalue weighted by Crippen LogP contribution is 2.28. The van der Waals surface area contributed by atoms with Crippen LogP contribution in [0.1, 0.15) is 142 Å². The van der Waals surface area contributed by atoms with E-state index in [4.69, 9.17) is 26.8 Å². The molecule has 145 heavy (non-hydrogen) atoms. The van der Waals surface area contributed by atoms with Crippen LogP contribution in [0.25, 0.3) is 54.5 Å². The van der Waals surface area contributed by atoms with Crippen molar-refractivity contribution < 1.29 is 59.6 Å². The second-order valence-corrected chi connectivity index (χ2v) is 35.2. The number of fused-ring (bicyclic) bond motifs is 5. The number of para-hydroxylation sites is 1. The van der Waals surface area contributed by atoms with Crippen LogP contribution in [-0.4, -0.2) is 86.1 Å². The van der Waals surface area contributed by atoms with Gasteiger partial charge in [0.25, 0.3) is 57.3 Å². The number of aromatic amines is 5. The summed E-state index contributed by atoms with van der Waals surface area (Å²) in [5.41, 5.74) is 14.1. The monoisotopic (exact) mass is 1940 g/mol. The number of ether oxygens (including phenoxy) is 1. The Labute approximate surface area is 830 Å². The predicted molar refractivity (Wildman–Crippen MR) is 551 cm³/mol. The van der Waals surface area contributed by atoms with Gasteiger partial charge >= 0.3 is 0 Å². The molecule has 0 saturated carbocycles. The first-order valence-electron chi connectivity index (χ1n) is 46.6. The Kier molecular flexibility index (Phi) is 31.7. The van der Waals surface area contributed by atoms with E-state index < -0.39 is 11.6 Å². The molecule has 10 aromatic carbocycles. The minimum atomic E-state index is -0.493. The number of benzene rings is 10. The molecule has 28 heteroatoms. The van der Waals surface area contributed by atoms with E-state index in [1.165, 1.54) is 65.0 Å². The number of furan rings is 5. The smallest absolute Gasteiger partial charge is 0.290 e. The zero-order valence-corrected chi connectivity index (χ0v) is 80.4. The van der Waals surface area contributed by atoms with Gasteiger partial charge in [-0.3, -0.25) is 47.9 Å². The third kappa shape index (κ3) is 25.8. The molecular weight excluding hydrogens is 1840 g/mol. The summed E-state index contributed by atoms with van der Waals surface area (Å²) in [5, 5.41) is 4.49. The van der Waals surface area contributed by atoms with Crippen molar-refractivity contribution in [3.63, 3.8) is 0 Å². The Morgan fingerprint density at radius 3 is 1.05 bits per heavy atom. The summed E-state index contributed by atoms with van der Waals surface area (Å²) in [6.45, 7) is 13.8. The Bertz CT molecular complexity index is 8310. The van der Waals surface area contributed by atoms with E-state index in [0.717, 1.165) is 87.9 Å². The molecule has 0 aliphatic heterocycles. The summed E-state index contributed by atoms with van der Waals surface area (Å²) in [6.07, 6.45) is 7.66. The van der Waals surface area contributed by atoms with Gasteiger partial charge in [-0.1, -0.05) is 131 Å². The Morgan fingerprint density at radius 2 is 0.621 bits per heavy atom. The zero-order valence-electron chi connectivity index (χ0n) is 80.4. The van der Waals surface area contributed by atoms with Gasteiger partial charge in [-0.2, -0.15) is 0 Å². The maximum absolute atomic E-state index is 13.6. The molecule has 26 nitrogen and oxygen atoms in total. The van der Waals surface area contributed by atoms with Crippen LogP contribution < -0.4 is 32.5 Å².